The zero-order chi connectivity index (χ0) is 13.8. The van der Waals surface area contributed by atoms with Crippen molar-refractivity contribution >= 4 is 11.8 Å². The van der Waals surface area contributed by atoms with Gasteiger partial charge in [-0.2, -0.15) is 4.98 Å². The topological polar surface area (TPSA) is 98.2 Å². The minimum Gasteiger partial charge on any atom is -0.480 e. The second kappa shape index (κ2) is 5.34. The van der Waals surface area contributed by atoms with Gasteiger partial charge in [0.15, 0.2) is 0 Å². The van der Waals surface area contributed by atoms with E-state index in [0.29, 0.717) is 0 Å². The Morgan fingerprint density at radius 3 is 2.58 bits per heavy atom. The first kappa shape index (κ1) is 12.8. The Hall–Kier alpha value is -2.63. The average Bonchev–Trinajstić information content (AvgIpc) is 2.38. The third-order valence-corrected chi connectivity index (χ3v) is 2.74. The summed E-state index contributed by atoms with van der Waals surface area (Å²) >= 11 is 0. The zero-order valence-electron chi connectivity index (χ0n) is 10.1. The van der Waals surface area contributed by atoms with Gasteiger partial charge in [-0.3, -0.25) is 4.57 Å². The summed E-state index contributed by atoms with van der Waals surface area (Å²) in [6.45, 7) is 0. The number of carbonyl (C=O) groups is 1. The quantitative estimate of drug-likeness (QED) is 0.841. The van der Waals surface area contributed by atoms with Gasteiger partial charge in [0.1, 0.15) is 11.9 Å². The molecule has 1 aromatic heterocycles. The molecule has 1 heterocycles. The summed E-state index contributed by atoms with van der Waals surface area (Å²) in [4.78, 5) is 26.5. The van der Waals surface area contributed by atoms with Gasteiger partial charge in [-0.1, -0.05) is 30.3 Å². The first-order valence-electron chi connectivity index (χ1n) is 5.69. The molecule has 6 nitrogen and oxygen atoms in total. The van der Waals surface area contributed by atoms with E-state index in [1.807, 2.05) is 30.3 Å². The average molecular weight is 259 g/mol. The number of aromatic nitrogens is 2. The molecule has 0 bridgehead atoms. The molecule has 2 aromatic rings. The SMILES string of the molecule is Nc1ccn(C(Cc2ccccc2)C(=O)O)c(=O)n1. The van der Waals surface area contributed by atoms with Crippen LogP contribution in [0.3, 0.4) is 0 Å². The predicted molar refractivity (Wildman–Crippen MR) is 69.7 cm³/mol. The Morgan fingerprint density at radius 1 is 1.32 bits per heavy atom. The number of nitrogens with zero attached hydrogens (tertiary/aromatic N) is 2. The van der Waals surface area contributed by atoms with E-state index in [0.717, 1.165) is 10.1 Å². The fraction of sp³-hybridized carbons (Fsp3) is 0.154. The van der Waals surface area contributed by atoms with E-state index in [4.69, 9.17) is 5.73 Å². The lowest BCUT2D eigenvalue weighted by atomic mass is 10.1. The molecule has 0 radical (unpaired) electrons. The molecule has 0 amide bonds. The van der Waals surface area contributed by atoms with Crippen LogP contribution in [0.5, 0.6) is 0 Å². The Bertz CT molecular complexity index is 637. The van der Waals surface area contributed by atoms with E-state index in [9.17, 15) is 14.7 Å². The van der Waals surface area contributed by atoms with Crippen molar-refractivity contribution < 1.29 is 9.90 Å². The number of anilines is 1. The number of nitrogen functional groups attached to an aromatic ring is 1. The number of carboxylic acid groups (broad SMARTS) is 1. The summed E-state index contributed by atoms with van der Waals surface area (Å²) in [5, 5.41) is 9.26. The lowest BCUT2D eigenvalue weighted by molar-refractivity contribution is -0.141. The van der Waals surface area contributed by atoms with Crippen molar-refractivity contribution in [2.45, 2.75) is 12.5 Å². The highest BCUT2D eigenvalue weighted by Gasteiger charge is 2.21. The molecule has 6 heteroatoms. The number of nitrogens with two attached hydrogens (primary N) is 1. The molecule has 0 aliphatic rings. The van der Waals surface area contributed by atoms with E-state index < -0.39 is 17.7 Å². The molecule has 0 aliphatic carbocycles. The van der Waals surface area contributed by atoms with Gasteiger partial charge in [0, 0.05) is 12.6 Å². The second-order valence-electron chi connectivity index (χ2n) is 4.09. The van der Waals surface area contributed by atoms with Gasteiger partial charge < -0.3 is 10.8 Å². The molecule has 1 aromatic carbocycles. The van der Waals surface area contributed by atoms with Gasteiger partial charge >= 0.3 is 11.7 Å². The van der Waals surface area contributed by atoms with Crippen LogP contribution in [0.15, 0.2) is 47.4 Å². The lowest BCUT2D eigenvalue weighted by Crippen LogP contribution is -2.32. The summed E-state index contributed by atoms with van der Waals surface area (Å²) in [5.41, 5.74) is 5.55. The molecular formula is C13H13N3O3. The largest absolute Gasteiger partial charge is 0.480 e. The molecule has 0 saturated heterocycles. The molecule has 98 valence electrons. The maximum atomic E-state index is 11.7. The van der Waals surface area contributed by atoms with Crippen molar-refractivity contribution in [3.8, 4) is 0 Å². The number of aliphatic carboxylic acids is 1. The first-order valence-corrected chi connectivity index (χ1v) is 5.69. The van der Waals surface area contributed by atoms with E-state index in [-0.39, 0.29) is 12.2 Å². The standard InChI is InChI=1S/C13H13N3O3/c14-11-6-7-16(13(19)15-11)10(12(17)18)8-9-4-2-1-3-5-9/h1-7,10H,8H2,(H,17,18)(H2,14,15,19). The monoisotopic (exact) mass is 259 g/mol. The van der Waals surface area contributed by atoms with Gasteiger partial charge in [-0.25, -0.2) is 9.59 Å². The maximum absolute atomic E-state index is 11.7. The molecule has 1 unspecified atom stereocenters. The van der Waals surface area contributed by atoms with Crippen molar-refractivity contribution in [1.82, 2.24) is 9.55 Å². The molecule has 3 N–H and O–H groups in total. The molecule has 19 heavy (non-hydrogen) atoms. The minimum atomic E-state index is -1.09. The van der Waals surface area contributed by atoms with Crippen LogP contribution >= 0.6 is 0 Å². The number of hydrogen-bond donors (Lipinski definition) is 2. The van der Waals surface area contributed by atoms with E-state index in [1.165, 1.54) is 12.3 Å². The number of rotatable bonds is 4. The molecule has 0 saturated carbocycles. The Balaban J connectivity index is 2.36. The number of carboxylic acids is 1. The van der Waals surface area contributed by atoms with Crippen LogP contribution in [0.25, 0.3) is 0 Å². The summed E-state index contributed by atoms with van der Waals surface area (Å²) in [6.07, 6.45) is 1.56. The summed E-state index contributed by atoms with van der Waals surface area (Å²) in [7, 11) is 0. The molecule has 1 atom stereocenters. The Kier molecular flexibility index (Phi) is 3.61. The van der Waals surface area contributed by atoms with Crippen molar-refractivity contribution in [3.63, 3.8) is 0 Å². The molecule has 0 aliphatic heterocycles. The van der Waals surface area contributed by atoms with E-state index in [1.54, 1.807) is 0 Å². The lowest BCUT2D eigenvalue weighted by Gasteiger charge is -2.15. The van der Waals surface area contributed by atoms with E-state index >= 15 is 0 Å². The van der Waals surface area contributed by atoms with Gasteiger partial charge in [0.2, 0.25) is 0 Å². The molecule has 0 spiro atoms. The fourth-order valence-corrected chi connectivity index (χ4v) is 1.81. The van der Waals surface area contributed by atoms with E-state index in [2.05, 4.69) is 4.98 Å². The third kappa shape index (κ3) is 2.98. The van der Waals surface area contributed by atoms with Crippen LogP contribution in [0.1, 0.15) is 11.6 Å². The smallest absolute Gasteiger partial charge is 0.350 e. The summed E-state index contributed by atoms with van der Waals surface area (Å²) < 4.78 is 1.08. The minimum absolute atomic E-state index is 0.0742. The Morgan fingerprint density at radius 2 is 2.00 bits per heavy atom. The van der Waals surface area contributed by atoms with Gasteiger partial charge in [0.05, 0.1) is 0 Å². The van der Waals surface area contributed by atoms with Gasteiger partial charge in [-0.05, 0) is 11.6 Å². The highest BCUT2D eigenvalue weighted by molar-refractivity contribution is 5.72. The molecular weight excluding hydrogens is 246 g/mol. The van der Waals surface area contributed by atoms with Crippen LogP contribution in [-0.4, -0.2) is 20.6 Å². The normalized spacial score (nSPS) is 12.0. The van der Waals surface area contributed by atoms with Crippen LogP contribution in [0.2, 0.25) is 0 Å². The van der Waals surface area contributed by atoms with Crippen molar-refractivity contribution in [2.75, 3.05) is 5.73 Å². The fourth-order valence-electron chi connectivity index (χ4n) is 1.81. The Labute approximate surface area is 109 Å². The molecule has 0 fully saturated rings. The van der Waals surface area contributed by atoms with Gasteiger partial charge in [0.25, 0.3) is 0 Å². The van der Waals surface area contributed by atoms with Gasteiger partial charge in [-0.15, -0.1) is 0 Å². The molecule has 2 rings (SSSR count). The highest BCUT2D eigenvalue weighted by atomic mass is 16.4. The summed E-state index contributed by atoms with van der Waals surface area (Å²) in [5.74, 6) is -1.01. The highest BCUT2D eigenvalue weighted by Crippen LogP contribution is 2.13. The predicted octanol–water partition coefficient (Wildman–Crippen LogP) is 0.694. The van der Waals surface area contributed by atoms with Crippen molar-refractivity contribution in [1.29, 1.82) is 0 Å². The zero-order valence-corrected chi connectivity index (χ0v) is 10.1. The van der Waals surface area contributed by atoms with Crippen molar-refractivity contribution in [3.05, 3.63) is 58.6 Å². The third-order valence-electron chi connectivity index (χ3n) is 2.74. The van der Waals surface area contributed by atoms with Crippen LogP contribution in [0.4, 0.5) is 5.82 Å². The number of hydrogen-bond acceptors (Lipinski definition) is 4. The van der Waals surface area contributed by atoms with Crippen LogP contribution < -0.4 is 11.4 Å². The number of benzene rings is 1. The summed E-state index contributed by atoms with van der Waals surface area (Å²) in [6, 6.07) is 9.51. The second-order valence-corrected chi connectivity index (χ2v) is 4.09. The van der Waals surface area contributed by atoms with Crippen molar-refractivity contribution in [2.24, 2.45) is 0 Å². The maximum Gasteiger partial charge on any atom is 0.350 e. The van der Waals surface area contributed by atoms with Crippen LogP contribution in [0, 0.1) is 0 Å². The van der Waals surface area contributed by atoms with Crippen LogP contribution in [-0.2, 0) is 11.2 Å². The first-order chi connectivity index (χ1) is 9.08.